The van der Waals surface area contributed by atoms with Crippen LogP contribution in [0.3, 0.4) is 0 Å². The number of nitrogens with zero attached hydrogens (tertiary/aromatic N) is 3. The smallest absolute Gasteiger partial charge is 0.269 e. The lowest BCUT2D eigenvalue weighted by molar-refractivity contribution is -0.117. The highest BCUT2D eigenvalue weighted by Crippen LogP contribution is 2.32. The van der Waals surface area contributed by atoms with E-state index < -0.39 is 11.5 Å². The molecule has 2 heterocycles. The van der Waals surface area contributed by atoms with E-state index in [0.717, 1.165) is 5.56 Å². The van der Waals surface area contributed by atoms with Gasteiger partial charge in [-0.25, -0.2) is 0 Å². The van der Waals surface area contributed by atoms with Crippen molar-refractivity contribution in [2.24, 2.45) is 0 Å². The molecule has 1 N–H and O–H groups in total. The van der Waals surface area contributed by atoms with E-state index in [-0.39, 0.29) is 27.8 Å². The third-order valence-electron chi connectivity index (χ3n) is 5.03. The third-order valence-corrected chi connectivity index (χ3v) is 5.56. The lowest BCUT2D eigenvalue weighted by Crippen LogP contribution is -2.27. The Hall–Kier alpha value is -4.12. The number of halogens is 2. The number of rotatable bonds is 7. The molecule has 0 saturated heterocycles. The van der Waals surface area contributed by atoms with Crippen molar-refractivity contribution in [3.63, 3.8) is 0 Å². The van der Waals surface area contributed by atoms with Crippen LogP contribution in [0, 0.1) is 11.3 Å². The Kier molecular flexibility index (Phi) is 7.46. The fourth-order valence-corrected chi connectivity index (χ4v) is 3.75. The van der Waals surface area contributed by atoms with Crippen LogP contribution in [0.1, 0.15) is 11.1 Å². The summed E-state index contributed by atoms with van der Waals surface area (Å²) in [5, 5.41) is 13.0. The summed E-state index contributed by atoms with van der Waals surface area (Å²) in [5.74, 6) is -0.504. The number of fused-ring (bicyclic) bond motifs is 1. The van der Waals surface area contributed by atoms with Gasteiger partial charge < -0.3 is 10.1 Å². The minimum Gasteiger partial charge on any atom is -0.437 e. The number of benzene rings is 2. The molecule has 0 aliphatic carbocycles. The first kappa shape index (κ1) is 24.0. The average Bonchev–Trinajstić information content (AvgIpc) is 2.86. The summed E-state index contributed by atoms with van der Waals surface area (Å²) < 4.78 is 7.14. The van der Waals surface area contributed by atoms with Gasteiger partial charge >= 0.3 is 0 Å². The summed E-state index contributed by atoms with van der Waals surface area (Å²) in [6.45, 7) is 0.320. The number of carbonyl (C=O) groups is 1. The molecule has 4 aromatic rings. The predicted octanol–water partition coefficient (Wildman–Crippen LogP) is 5.06. The lowest BCUT2D eigenvalue weighted by atomic mass is 10.1. The van der Waals surface area contributed by atoms with Crippen LogP contribution in [0.5, 0.6) is 11.6 Å². The first-order chi connectivity index (χ1) is 17.0. The van der Waals surface area contributed by atoms with Crippen molar-refractivity contribution >= 4 is 40.8 Å². The second-order valence-corrected chi connectivity index (χ2v) is 8.25. The second kappa shape index (κ2) is 10.9. The Morgan fingerprint density at radius 3 is 2.63 bits per heavy atom. The SMILES string of the molecule is N#CC(=Cc1c(Oc2ccc(Cl)cc2Cl)nc2ccccn2c1=O)C(=O)NCCc1ccccc1. The molecule has 0 atom stereocenters. The van der Waals surface area contributed by atoms with Crippen molar-refractivity contribution in [3.05, 3.63) is 110 Å². The molecule has 0 fully saturated rings. The zero-order valence-electron chi connectivity index (χ0n) is 18.2. The average molecular weight is 505 g/mol. The second-order valence-electron chi connectivity index (χ2n) is 7.40. The van der Waals surface area contributed by atoms with Crippen molar-refractivity contribution in [2.45, 2.75) is 6.42 Å². The van der Waals surface area contributed by atoms with E-state index >= 15 is 0 Å². The molecule has 0 saturated carbocycles. The lowest BCUT2D eigenvalue weighted by Gasteiger charge is -2.11. The minimum absolute atomic E-state index is 0.0746. The molecule has 1 amide bonds. The molecular weight excluding hydrogens is 487 g/mol. The van der Waals surface area contributed by atoms with Crippen LogP contribution < -0.4 is 15.6 Å². The van der Waals surface area contributed by atoms with E-state index in [1.54, 1.807) is 24.3 Å². The Balaban J connectivity index is 1.69. The fourth-order valence-electron chi connectivity index (χ4n) is 3.30. The number of pyridine rings is 1. The van der Waals surface area contributed by atoms with Gasteiger partial charge in [-0.2, -0.15) is 10.2 Å². The van der Waals surface area contributed by atoms with Gasteiger partial charge in [-0.1, -0.05) is 59.6 Å². The molecule has 4 rings (SSSR count). The maximum Gasteiger partial charge on any atom is 0.269 e. The first-order valence-corrected chi connectivity index (χ1v) is 11.3. The van der Waals surface area contributed by atoms with Gasteiger partial charge in [0.15, 0.2) is 0 Å². The largest absolute Gasteiger partial charge is 0.437 e. The van der Waals surface area contributed by atoms with Crippen LogP contribution in [0.2, 0.25) is 10.0 Å². The molecule has 7 nitrogen and oxygen atoms in total. The number of amides is 1. The summed E-state index contributed by atoms with van der Waals surface area (Å²) in [6.07, 6.45) is 3.30. The van der Waals surface area contributed by atoms with E-state index in [2.05, 4.69) is 10.3 Å². The molecule has 2 aromatic carbocycles. The summed E-state index contributed by atoms with van der Waals surface area (Å²) in [4.78, 5) is 30.4. The molecule has 0 radical (unpaired) electrons. The molecule has 0 unspecified atom stereocenters. The third kappa shape index (κ3) is 5.69. The van der Waals surface area contributed by atoms with Gasteiger partial charge in [0.2, 0.25) is 5.88 Å². The van der Waals surface area contributed by atoms with Gasteiger partial charge in [0, 0.05) is 17.8 Å². The van der Waals surface area contributed by atoms with Crippen LogP contribution in [-0.2, 0) is 11.2 Å². The summed E-state index contributed by atoms with van der Waals surface area (Å²) in [6, 6.07) is 21.1. The van der Waals surface area contributed by atoms with E-state index in [1.165, 1.54) is 28.8 Å². The fraction of sp³-hybridized carbons (Fsp3) is 0.0769. The van der Waals surface area contributed by atoms with E-state index in [0.29, 0.717) is 23.6 Å². The number of hydrogen-bond acceptors (Lipinski definition) is 5. The standard InChI is InChI=1S/C26H18Cl2N4O3/c27-19-9-10-22(21(28)15-19)35-25-20(26(34)32-13-5-4-8-23(32)31-25)14-18(16-29)24(33)30-12-11-17-6-2-1-3-7-17/h1-10,13-15H,11-12H2,(H,30,33). The highest BCUT2D eigenvalue weighted by atomic mass is 35.5. The van der Waals surface area contributed by atoms with Crippen molar-refractivity contribution in [2.75, 3.05) is 6.54 Å². The first-order valence-electron chi connectivity index (χ1n) is 10.5. The predicted molar refractivity (Wildman–Crippen MR) is 135 cm³/mol. The molecule has 0 aliphatic heterocycles. The summed E-state index contributed by atoms with van der Waals surface area (Å²) >= 11 is 12.2. The highest BCUT2D eigenvalue weighted by Gasteiger charge is 2.18. The summed E-state index contributed by atoms with van der Waals surface area (Å²) in [5.41, 5.74) is 0.512. The van der Waals surface area contributed by atoms with Gasteiger partial charge in [0.05, 0.1) is 5.02 Å². The molecule has 2 aromatic heterocycles. The Morgan fingerprint density at radius 2 is 1.89 bits per heavy atom. The van der Waals surface area contributed by atoms with Crippen molar-refractivity contribution in [3.8, 4) is 17.7 Å². The normalized spacial score (nSPS) is 11.2. The number of aromatic nitrogens is 2. The van der Waals surface area contributed by atoms with E-state index in [9.17, 15) is 14.9 Å². The molecule has 35 heavy (non-hydrogen) atoms. The molecular formula is C26H18Cl2N4O3. The quantitative estimate of drug-likeness (QED) is 0.280. The minimum atomic E-state index is -0.614. The topological polar surface area (TPSA) is 96.5 Å². The van der Waals surface area contributed by atoms with Gasteiger partial charge in [-0.05, 0) is 48.4 Å². The molecule has 9 heteroatoms. The van der Waals surface area contributed by atoms with Crippen LogP contribution in [0.4, 0.5) is 0 Å². The Labute approximate surface area is 210 Å². The molecule has 0 spiro atoms. The number of ether oxygens (including phenoxy) is 1. The molecule has 0 bridgehead atoms. The number of nitrogens with one attached hydrogen (secondary N) is 1. The Morgan fingerprint density at radius 1 is 1.11 bits per heavy atom. The molecule has 174 valence electrons. The van der Waals surface area contributed by atoms with E-state index in [1.807, 2.05) is 36.4 Å². The van der Waals surface area contributed by atoms with Crippen molar-refractivity contribution in [1.29, 1.82) is 5.26 Å². The monoisotopic (exact) mass is 504 g/mol. The zero-order valence-corrected chi connectivity index (χ0v) is 19.8. The number of nitriles is 1. The maximum atomic E-state index is 13.3. The number of hydrogen-bond donors (Lipinski definition) is 1. The maximum absolute atomic E-state index is 13.3. The van der Waals surface area contributed by atoms with E-state index in [4.69, 9.17) is 27.9 Å². The Bertz CT molecular complexity index is 1530. The van der Waals surface area contributed by atoms with Crippen molar-refractivity contribution in [1.82, 2.24) is 14.7 Å². The van der Waals surface area contributed by atoms with Gasteiger partial charge in [-0.15, -0.1) is 0 Å². The summed E-state index contributed by atoms with van der Waals surface area (Å²) in [7, 11) is 0. The highest BCUT2D eigenvalue weighted by molar-refractivity contribution is 6.35. The van der Waals surface area contributed by atoms with Crippen molar-refractivity contribution < 1.29 is 9.53 Å². The van der Waals surface area contributed by atoms with Gasteiger partial charge in [-0.3, -0.25) is 14.0 Å². The zero-order chi connectivity index (χ0) is 24.8. The molecule has 0 aliphatic rings. The van der Waals surface area contributed by atoms with Gasteiger partial charge in [0.1, 0.15) is 28.6 Å². The van der Waals surface area contributed by atoms with Gasteiger partial charge in [0.25, 0.3) is 11.5 Å². The van der Waals surface area contributed by atoms with Crippen LogP contribution in [0.15, 0.2) is 83.3 Å². The number of carbonyl (C=O) groups excluding carboxylic acids is 1. The van der Waals surface area contributed by atoms with Crippen LogP contribution in [0.25, 0.3) is 11.7 Å². The van der Waals surface area contributed by atoms with Crippen LogP contribution >= 0.6 is 23.2 Å². The van der Waals surface area contributed by atoms with Crippen LogP contribution in [-0.4, -0.2) is 21.8 Å².